The average molecular weight is 177 g/mol. The fourth-order valence-corrected chi connectivity index (χ4v) is 1.36. The summed E-state index contributed by atoms with van der Waals surface area (Å²) in [6.45, 7) is 6.76. The molecule has 1 rings (SSSR count). The van der Waals surface area contributed by atoms with Crippen LogP contribution in [0, 0.1) is 11.5 Å². The van der Waals surface area contributed by atoms with Gasteiger partial charge in [-0.25, -0.2) is 0 Å². The Labute approximate surface area is 75.4 Å². The first kappa shape index (κ1) is 9.15. The summed E-state index contributed by atoms with van der Waals surface area (Å²) in [5.41, 5.74) is 4.45. The molecule has 0 aromatic carbocycles. The summed E-state index contributed by atoms with van der Waals surface area (Å²) in [5, 5.41) is 0. The lowest BCUT2D eigenvalue weighted by Crippen LogP contribution is -2.16. The van der Waals surface area contributed by atoms with E-state index in [9.17, 15) is 0 Å². The van der Waals surface area contributed by atoms with E-state index in [1.807, 2.05) is 30.1 Å². The molecule has 0 radical (unpaired) electrons. The quantitative estimate of drug-likeness (QED) is 0.423. The molecule has 1 aromatic rings. The number of aromatic nitrogens is 1. The molecule has 0 unspecified atom stereocenters. The van der Waals surface area contributed by atoms with Gasteiger partial charge in [-0.2, -0.15) is 0 Å². The van der Waals surface area contributed by atoms with E-state index in [2.05, 4.69) is 31.1 Å². The van der Waals surface area contributed by atoms with E-state index >= 15 is 0 Å². The highest BCUT2D eigenvalue weighted by Gasteiger charge is 2.07. The zero-order chi connectivity index (χ0) is 9.19. The van der Waals surface area contributed by atoms with Crippen LogP contribution < -0.4 is 0 Å². The van der Waals surface area contributed by atoms with Gasteiger partial charge in [-0.1, -0.05) is 25.6 Å². The lowest BCUT2D eigenvalue weighted by Gasteiger charge is -2.02. The van der Waals surface area contributed by atoms with E-state index in [1.54, 1.807) is 0 Å². The minimum absolute atomic E-state index is 1.12. The second-order valence-electron chi connectivity index (χ2n) is 4.07. The van der Waals surface area contributed by atoms with Gasteiger partial charge in [0, 0.05) is 25.0 Å². The summed E-state index contributed by atoms with van der Waals surface area (Å²) in [4.78, 5) is 0. The molecule has 0 bridgehead atoms. The van der Waals surface area contributed by atoms with Crippen LogP contribution in [-0.4, -0.2) is 12.6 Å². The molecule has 2 heteroatoms. The highest BCUT2D eigenvalue weighted by atomic mass is 28.3. The van der Waals surface area contributed by atoms with Crippen molar-refractivity contribution in [2.75, 3.05) is 0 Å². The predicted octanol–water partition coefficient (Wildman–Crippen LogP) is 2.25. The second-order valence-corrected chi connectivity index (χ2v) is 8.82. The third-order valence-corrected chi connectivity index (χ3v) is 2.29. The molecule has 1 heterocycles. The fourth-order valence-electron chi connectivity index (χ4n) is 0.837. The topological polar surface area (TPSA) is 4.93 Å². The number of aryl methyl sites for hydroxylation is 1. The Bertz CT molecular complexity index is 320. The van der Waals surface area contributed by atoms with Crippen molar-refractivity contribution in [2.24, 2.45) is 7.05 Å². The van der Waals surface area contributed by atoms with Crippen LogP contribution >= 0.6 is 0 Å². The fraction of sp³-hybridized carbons (Fsp3) is 0.400. The van der Waals surface area contributed by atoms with E-state index in [-0.39, 0.29) is 0 Å². The zero-order valence-corrected chi connectivity index (χ0v) is 9.18. The molecule has 0 fully saturated rings. The molecule has 0 N–H and O–H groups in total. The lowest BCUT2D eigenvalue weighted by molar-refractivity contribution is 0.927. The van der Waals surface area contributed by atoms with Gasteiger partial charge in [0.2, 0.25) is 0 Å². The number of nitrogens with zero attached hydrogens (tertiary/aromatic N) is 1. The van der Waals surface area contributed by atoms with Gasteiger partial charge in [0.05, 0.1) is 0 Å². The van der Waals surface area contributed by atoms with Crippen LogP contribution in [0.5, 0.6) is 0 Å². The Kier molecular flexibility index (Phi) is 2.44. The van der Waals surface area contributed by atoms with Gasteiger partial charge < -0.3 is 4.57 Å². The maximum atomic E-state index is 3.33. The van der Waals surface area contributed by atoms with Crippen LogP contribution in [0.4, 0.5) is 0 Å². The molecule has 0 aliphatic carbocycles. The van der Waals surface area contributed by atoms with Crippen LogP contribution in [0.15, 0.2) is 18.5 Å². The van der Waals surface area contributed by atoms with Crippen molar-refractivity contribution in [1.82, 2.24) is 4.57 Å². The van der Waals surface area contributed by atoms with Crippen molar-refractivity contribution in [2.45, 2.75) is 19.6 Å². The van der Waals surface area contributed by atoms with Crippen molar-refractivity contribution in [1.29, 1.82) is 0 Å². The first-order valence-electron chi connectivity index (χ1n) is 4.12. The van der Waals surface area contributed by atoms with Crippen molar-refractivity contribution in [3.63, 3.8) is 0 Å². The number of rotatable bonds is 0. The monoisotopic (exact) mass is 177 g/mol. The summed E-state index contributed by atoms with van der Waals surface area (Å²) in [7, 11) is 0.812. The number of hydrogen-bond acceptors (Lipinski definition) is 0. The Hall–Kier alpha value is -0.943. The Morgan fingerprint density at radius 3 is 2.42 bits per heavy atom. The molecule has 1 aromatic heterocycles. The number of hydrogen-bond donors (Lipinski definition) is 0. The molecule has 0 aliphatic heterocycles. The largest absolute Gasteiger partial charge is 0.356 e. The maximum Gasteiger partial charge on any atom is 0.129 e. The summed E-state index contributed by atoms with van der Waals surface area (Å²) in [6, 6.07) is 2.05. The van der Waals surface area contributed by atoms with Crippen LogP contribution in [0.2, 0.25) is 19.6 Å². The van der Waals surface area contributed by atoms with E-state index in [0.717, 1.165) is 5.56 Å². The van der Waals surface area contributed by atoms with Gasteiger partial charge in [-0.05, 0) is 6.07 Å². The third kappa shape index (κ3) is 2.98. The first-order valence-corrected chi connectivity index (χ1v) is 7.62. The molecule has 0 saturated heterocycles. The highest BCUT2D eigenvalue weighted by Crippen LogP contribution is 2.00. The van der Waals surface area contributed by atoms with E-state index in [1.165, 1.54) is 0 Å². The van der Waals surface area contributed by atoms with Crippen LogP contribution in [-0.2, 0) is 7.05 Å². The Morgan fingerprint density at radius 2 is 2.00 bits per heavy atom. The lowest BCUT2D eigenvalue weighted by atomic mass is 10.4. The van der Waals surface area contributed by atoms with Crippen molar-refractivity contribution in [3.05, 3.63) is 24.0 Å². The molecule has 64 valence electrons. The first-order chi connectivity index (χ1) is 5.47. The Balaban J connectivity index is 2.80. The van der Waals surface area contributed by atoms with Crippen molar-refractivity contribution in [3.8, 4) is 11.5 Å². The molecule has 0 spiro atoms. The minimum atomic E-state index is -1.20. The molecular formula is C10H15NSi. The second kappa shape index (κ2) is 3.20. The van der Waals surface area contributed by atoms with Crippen LogP contribution in [0.25, 0.3) is 0 Å². The van der Waals surface area contributed by atoms with Gasteiger partial charge in [0.15, 0.2) is 0 Å². The van der Waals surface area contributed by atoms with E-state index < -0.39 is 8.07 Å². The van der Waals surface area contributed by atoms with Crippen LogP contribution in [0.3, 0.4) is 0 Å². The van der Waals surface area contributed by atoms with Crippen molar-refractivity contribution >= 4 is 8.07 Å². The minimum Gasteiger partial charge on any atom is -0.356 e. The highest BCUT2D eigenvalue weighted by molar-refractivity contribution is 6.83. The smallest absolute Gasteiger partial charge is 0.129 e. The van der Waals surface area contributed by atoms with Crippen LogP contribution in [0.1, 0.15) is 5.56 Å². The van der Waals surface area contributed by atoms with Crippen molar-refractivity contribution < 1.29 is 0 Å². The Morgan fingerprint density at radius 1 is 1.33 bits per heavy atom. The van der Waals surface area contributed by atoms with Gasteiger partial charge >= 0.3 is 0 Å². The zero-order valence-electron chi connectivity index (χ0n) is 8.18. The van der Waals surface area contributed by atoms with E-state index in [4.69, 9.17) is 0 Å². The maximum absolute atomic E-state index is 3.33. The molecule has 0 amide bonds. The summed E-state index contributed by atoms with van der Waals surface area (Å²) >= 11 is 0. The average Bonchev–Trinajstić information content (AvgIpc) is 2.30. The third-order valence-electron chi connectivity index (χ3n) is 1.41. The standard InChI is InChI=1S/C10H15NSi/c1-11-7-5-10(9-11)6-8-12(2,3)4/h5,7,9H,1-4H3. The van der Waals surface area contributed by atoms with Gasteiger partial charge in [0.25, 0.3) is 0 Å². The predicted molar refractivity (Wildman–Crippen MR) is 55.6 cm³/mol. The summed E-state index contributed by atoms with van der Waals surface area (Å²) in [6.07, 6.45) is 4.07. The SMILES string of the molecule is Cn1ccc(C#C[Si](C)(C)C)c1. The molecule has 0 atom stereocenters. The van der Waals surface area contributed by atoms with Gasteiger partial charge in [-0.15, -0.1) is 5.54 Å². The van der Waals surface area contributed by atoms with Gasteiger partial charge in [-0.3, -0.25) is 0 Å². The van der Waals surface area contributed by atoms with Gasteiger partial charge in [0.1, 0.15) is 8.07 Å². The molecule has 1 nitrogen and oxygen atoms in total. The summed E-state index contributed by atoms with van der Waals surface area (Å²) < 4.78 is 2.02. The molecule has 0 aliphatic rings. The van der Waals surface area contributed by atoms with E-state index in [0.29, 0.717) is 0 Å². The molecular weight excluding hydrogens is 162 g/mol. The molecule has 12 heavy (non-hydrogen) atoms. The molecule has 0 saturated carbocycles. The summed E-state index contributed by atoms with van der Waals surface area (Å²) in [5.74, 6) is 3.20. The normalized spacial score (nSPS) is 10.7.